The van der Waals surface area contributed by atoms with Gasteiger partial charge in [0.15, 0.2) is 0 Å². The van der Waals surface area contributed by atoms with Gasteiger partial charge in [-0.1, -0.05) is 118 Å². The first-order valence-electron chi connectivity index (χ1n) is 17.8. The predicted octanol–water partition coefficient (Wildman–Crippen LogP) is 10.3. The van der Waals surface area contributed by atoms with Gasteiger partial charge in [-0.3, -0.25) is 0 Å². The van der Waals surface area contributed by atoms with Gasteiger partial charge >= 0.3 is 0 Å². The SMILES string of the molecule is CCC(O)(CC)CCOC(CC)(CC)c1ccc(C(C)(CC)c2ccc(C(CC)(CC)OCCC(O)(CC)CC)cc2)cc1. The normalized spacial score (nSPS) is 13.5. The molecule has 4 heteroatoms. The summed E-state index contributed by atoms with van der Waals surface area (Å²) in [7, 11) is 0. The van der Waals surface area contributed by atoms with Crippen molar-refractivity contribution in [1.29, 1.82) is 0 Å². The third kappa shape index (κ3) is 8.55. The van der Waals surface area contributed by atoms with E-state index in [1.807, 2.05) is 27.7 Å². The quantitative estimate of drug-likeness (QED) is 0.148. The molecule has 0 saturated heterocycles. The van der Waals surface area contributed by atoms with E-state index in [2.05, 4.69) is 90.1 Å². The molecular weight excluding hydrogens is 544 g/mol. The summed E-state index contributed by atoms with van der Waals surface area (Å²) in [6.07, 6.45) is 8.85. The monoisotopic (exact) mass is 610 g/mol. The Kier molecular flexibility index (Phi) is 14.6. The van der Waals surface area contributed by atoms with Gasteiger partial charge in [-0.25, -0.2) is 0 Å². The van der Waals surface area contributed by atoms with Gasteiger partial charge in [-0.2, -0.15) is 0 Å². The summed E-state index contributed by atoms with van der Waals surface area (Å²) in [5.74, 6) is 0. The van der Waals surface area contributed by atoms with Crippen LogP contribution in [0.2, 0.25) is 0 Å². The van der Waals surface area contributed by atoms with E-state index in [0.717, 1.165) is 57.8 Å². The zero-order valence-electron chi connectivity index (χ0n) is 30.0. The van der Waals surface area contributed by atoms with Crippen LogP contribution in [0.15, 0.2) is 48.5 Å². The summed E-state index contributed by atoms with van der Waals surface area (Å²) in [4.78, 5) is 0. The van der Waals surface area contributed by atoms with Gasteiger partial charge in [0.05, 0.1) is 35.6 Å². The molecular formula is C40H66O4. The molecule has 2 aromatic rings. The van der Waals surface area contributed by atoms with Gasteiger partial charge in [0.1, 0.15) is 0 Å². The first kappa shape index (κ1) is 38.5. The van der Waals surface area contributed by atoms with Crippen molar-refractivity contribution in [2.24, 2.45) is 0 Å². The van der Waals surface area contributed by atoms with E-state index in [9.17, 15) is 10.2 Å². The van der Waals surface area contributed by atoms with Crippen molar-refractivity contribution >= 4 is 0 Å². The first-order chi connectivity index (χ1) is 20.9. The molecule has 0 fully saturated rings. The summed E-state index contributed by atoms with van der Waals surface area (Å²) in [5.41, 5.74) is 2.91. The fourth-order valence-electron chi connectivity index (χ4n) is 6.83. The van der Waals surface area contributed by atoms with Crippen LogP contribution in [0.3, 0.4) is 0 Å². The highest BCUT2D eigenvalue weighted by Crippen LogP contribution is 2.41. The van der Waals surface area contributed by atoms with E-state index < -0.39 is 11.2 Å². The van der Waals surface area contributed by atoms with Crippen molar-refractivity contribution in [3.63, 3.8) is 0 Å². The predicted molar refractivity (Wildman–Crippen MR) is 186 cm³/mol. The fourth-order valence-corrected chi connectivity index (χ4v) is 6.83. The Bertz CT molecular complexity index is 988. The number of ether oxygens (including phenoxy) is 2. The second kappa shape index (κ2) is 16.7. The molecule has 0 amide bonds. The molecule has 2 N–H and O–H groups in total. The van der Waals surface area contributed by atoms with Crippen LogP contribution in [-0.4, -0.2) is 34.6 Å². The number of hydrogen-bond donors (Lipinski definition) is 2. The van der Waals surface area contributed by atoms with Crippen LogP contribution in [0.25, 0.3) is 0 Å². The minimum atomic E-state index is -0.648. The van der Waals surface area contributed by atoms with Crippen LogP contribution < -0.4 is 0 Å². The van der Waals surface area contributed by atoms with Crippen molar-refractivity contribution in [2.75, 3.05) is 13.2 Å². The van der Waals surface area contributed by atoms with E-state index in [4.69, 9.17) is 9.47 Å². The molecule has 0 atom stereocenters. The molecule has 0 aromatic heterocycles. The van der Waals surface area contributed by atoms with E-state index in [1.54, 1.807) is 0 Å². The van der Waals surface area contributed by atoms with Gasteiger partial charge < -0.3 is 19.7 Å². The topological polar surface area (TPSA) is 58.9 Å². The average molecular weight is 611 g/mol. The minimum Gasteiger partial charge on any atom is -0.390 e. The molecule has 0 radical (unpaired) electrons. The highest BCUT2D eigenvalue weighted by Gasteiger charge is 2.35. The van der Waals surface area contributed by atoms with Crippen LogP contribution in [0, 0.1) is 0 Å². The van der Waals surface area contributed by atoms with Gasteiger partial charge in [0.2, 0.25) is 0 Å². The highest BCUT2D eigenvalue weighted by atomic mass is 16.5. The van der Waals surface area contributed by atoms with Gasteiger partial charge in [0.25, 0.3) is 0 Å². The van der Waals surface area contributed by atoms with Crippen LogP contribution in [0.4, 0.5) is 0 Å². The highest BCUT2D eigenvalue weighted by molar-refractivity contribution is 5.42. The molecule has 0 saturated carbocycles. The van der Waals surface area contributed by atoms with Crippen LogP contribution >= 0.6 is 0 Å². The standard InChI is InChI=1S/C40H66O4/c1-11-36(10,32-20-24-34(25-21-32)39(16-6,17-7)43-30-28-37(41,12-2)13-3)33-22-26-35(27-23-33)40(18-8,19-9)44-31-29-38(42,14-4)15-5/h20-27,41-42H,11-19,28-31H2,1-10H3. The maximum absolute atomic E-state index is 10.8. The molecule has 0 spiro atoms. The Hall–Kier alpha value is -1.72. The second-order valence-corrected chi connectivity index (χ2v) is 13.3. The second-order valence-electron chi connectivity index (χ2n) is 13.3. The van der Waals surface area contributed by atoms with Crippen LogP contribution in [0.5, 0.6) is 0 Å². The summed E-state index contributed by atoms with van der Waals surface area (Å²) >= 11 is 0. The molecule has 4 nitrogen and oxygen atoms in total. The first-order valence-corrected chi connectivity index (χ1v) is 17.8. The Morgan fingerprint density at radius 1 is 0.432 bits per heavy atom. The molecule has 250 valence electrons. The largest absolute Gasteiger partial charge is 0.390 e. The van der Waals surface area contributed by atoms with E-state index >= 15 is 0 Å². The van der Waals surface area contributed by atoms with E-state index in [1.165, 1.54) is 22.3 Å². The molecule has 0 aliphatic rings. The molecule has 0 bridgehead atoms. The average Bonchev–Trinajstić information content (AvgIpc) is 3.08. The fraction of sp³-hybridized carbons (Fsp3) is 0.700. The summed E-state index contributed by atoms with van der Waals surface area (Å²) in [6, 6.07) is 18.2. The third-order valence-electron chi connectivity index (χ3n) is 11.6. The zero-order chi connectivity index (χ0) is 33.1. The van der Waals surface area contributed by atoms with E-state index in [0.29, 0.717) is 26.1 Å². The van der Waals surface area contributed by atoms with Crippen molar-refractivity contribution < 1.29 is 19.7 Å². The van der Waals surface area contributed by atoms with Gasteiger partial charge in [-0.15, -0.1) is 0 Å². The lowest BCUT2D eigenvalue weighted by Gasteiger charge is -2.36. The molecule has 2 aromatic carbocycles. The Labute approximate surface area is 271 Å². The zero-order valence-corrected chi connectivity index (χ0v) is 30.0. The maximum Gasteiger partial charge on any atom is 0.0926 e. The molecule has 2 rings (SSSR count). The Balaban J connectivity index is 2.30. The summed E-state index contributed by atoms with van der Waals surface area (Å²) in [5, 5.41) is 21.6. The molecule has 0 unspecified atom stereocenters. The molecule has 0 aliphatic carbocycles. The van der Waals surface area contributed by atoms with Crippen molar-refractivity contribution in [3.05, 3.63) is 70.8 Å². The molecule has 0 heterocycles. The lowest BCUT2D eigenvalue weighted by Crippen LogP contribution is -2.34. The lowest BCUT2D eigenvalue weighted by atomic mass is 9.73. The maximum atomic E-state index is 10.8. The Morgan fingerprint density at radius 3 is 0.932 bits per heavy atom. The van der Waals surface area contributed by atoms with Gasteiger partial charge in [0, 0.05) is 5.41 Å². The number of hydrogen-bond acceptors (Lipinski definition) is 4. The van der Waals surface area contributed by atoms with Crippen LogP contribution in [0.1, 0.15) is 162 Å². The Morgan fingerprint density at radius 2 is 0.705 bits per heavy atom. The van der Waals surface area contributed by atoms with Gasteiger partial charge in [-0.05, 0) is 92.9 Å². The molecule has 44 heavy (non-hydrogen) atoms. The van der Waals surface area contributed by atoms with E-state index in [-0.39, 0.29) is 16.6 Å². The summed E-state index contributed by atoms with van der Waals surface area (Å²) < 4.78 is 13.2. The minimum absolute atomic E-state index is 0.127. The number of rotatable bonds is 21. The van der Waals surface area contributed by atoms with Crippen molar-refractivity contribution in [2.45, 2.75) is 168 Å². The molecule has 0 aliphatic heterocycles. The third-order valence-corrected chi connectivity index (χ3v) is 11.6. The van der Waals surface area contributed by atoms with Crippen molar-refractivity contribution in [1.82, 2.24) is 0 Å². The van der Waals surface area contributed by atoms with Crippen LogP contribution in [-0.2, 0) is 26.1 Å². The smallest absolute Gasteiger partial charge is 0.0926 e. The summed E-state index contributed by atoms with van der Waals surface area (Å²) in [6.45, 7) is 22.7. The number of aliphatic hydroxyl groups is 2. The number of benzene rings is 2. The van der Waals surface area contributed by atoms with Crippen molar-refractivity contribution in [3.8, 4) is 0 Å². The lowest BCUT2D eigenvalue weighted by molar-refractivity contribution is -0.0849.